The molecule has 4 aliphatic carbocycles. The molecule has 0 spiro atoms. The first kappa shape index (κ1) is 11.3. The van der Waals surface area contributed by atoms with Gasteiger partial charge in [0.15, 0.2) is 0 Å². The molecule has 4 aliphatic rings. The van der Waals surface area contributed by atoms with Crippen molar-refractivity contribution in [3.05, 3.63) is 17.5 Å². The second kappa shape index (κ2) is 3.30. The molecule has 3 N–H and O–H groups in total. The van der Waals surface area contributed by atoms with E-state index in [0.29, 0.717) is 5.92 Å². The van der Waals surface area contributed by atoms with Crippen LogP contribution >= 0.6 is 0 Å². The summed E-state index contributed by atoms with van der Waals surface area (Å²) in [6, 6.07) is 2.00. The topological polar surface area (TPSA) is 95.6 Å². The molecule has 6 nitrogen and oxygen atoms in total. The number of nitrogens with zero attached hydrogens (tertiary/aromatic N) is 1. The van der Waals surface area contributed by atoms with E-state index >= 15 is 0 Å². The van der Waals surface area contributed by atoms with E-state index in [1.807, 2.05) is 6.07 Å². The number of carboxylic acid groups (broad SMARTS) is 1. The highest BCUT2D eigenvalue weighted by Crippen LogP contribution is 2.67. The largest absolute Gasteiger partial charge is 0.465 e. The van der Waals surface area contributed by atoms with Gasteiger partial charge in [0.05, 0.1) is 11.8 Å². The predicted octanol–water partition coefficient (Wildman–Crippen LogP) is 1.35. The minimum atomic E-state index is -0.947. The Kier molecular flexibility index (Phi) is 1.96. The van der Waals surface area contributed by atoms with Crippen LogP contribution < -0.4 is 5.32 Å². The van der Waals surface area contributed by atoms with Gasteiger partial charge in [0, 0.05) is 22.9 Å². The van der Waals surface area contributed by atoms with Gasteiger partial charge in [-0.1, -0.05) is 5.16 Å². The molecule has 6 heteroatoms. The SMILES string of the molecule is O=C(O)NC12CC(c3cc(C4CC(O)C4)on3)(C1)C2. The quantitative estimate of drug-likeness (QED) is 0.766. The molecule has 0 aliphatic heterocycles. The summed E-state index contributed by atoms with van der Waals surface area (Å²) in [5.74, 6) is 1.17. The fraction of sp³-hybridized carbons (Fsp3) is 0.692. The number of nitrogens with one attached hydrogen (secondary N) is 1. The van der Waals surface area contributed by atoms with Gasteiger partial charge in [0.2, 0.25) is 0 Å². The summed E-state index contributed by atoms with van der Waals surface area (Å²) < 4.78 is 5.38. The molecular formula is C13H16N2O4. The third-order valence-electron chi connectivity index (χ3n) is 4.99. The summed E-state index contributed by atoms with van der Waals surface area (Å²) in [6.45, 7) is 0. The van der Waals surface area contributed by atoms with E-state index < -0.39 is 6.09 Å². The molecule has 1 aromatic heterocycles. The van der Waals surface area contributed by atoms with Crippen molar-refractivity contribution < 1.29 is 19.5 Å². The number of hydrogen-bond donors (Lipinski definition) is 3. The van der Waals surface area contributed by atoms with Crippen LogP contribution in [-0.2, 0) is 5.41 Å². The van der Waals surface area contributed by atoms with Gasteiger partial charge in [0.25, 0.3) is 0 Å². The molecule has 5 rings (SSSR count). The van der Waals surface area contributed by atoms with Crippen LogP contribution in [0.2, 0.25) is 0 Å². The highest BCUT2D eigenvalue weighted by atomic mass is 16.5. The zero-order valence-electron chi connectivity index (χ0n) is 10.4. The molecule has 0 radical (unpaired) electrons. The molecule has 0 saturated heterocycles. The van der Waals surface area contributed by atoms with Crippen LogP contribution in [0.3, 0.4) is 0 Å². The molecular weight excluding hydrogens is 248 g/mol. The number of rotatable bonds is 3. The number of aliphatic hydroxyl groups excluding tert-OH is 1. The average molecular weight is 264 g/mol. The lowest BCUT2D eigenvalue weighted by Crippen LogP contribution is -2.76. The maximum atomic E-state index is 10.7. The molecule has 1 aromatic rings. The Balaban J connectivity index is 1.44. The number of aromatic nitrogens is 1. The summed E-state index contributed by atoms with van der Waals surface area (Å²) in [5.41, 5.74) is 0.780. The predicted molar refractivity (Wildman–Crippen MR) is 63.9 cm³/mol. The number of aliphatic hydroxyl groups is 1. The Hall–Kier alpha value is -1.56. The van der Waals surface area contributed by atoms with Crippen LogP contribution in [0.25, 0.3) is 0 Å². The molecule has 2 bridgehead atoms. The van der Waals surface area contributed by atoms with Gasteiger partial charge in [-0.3, -0.25) is 0 Å². The zero-order chi connectivity index (χ0) is 13.3. The summed E-state index contributed by atoms with van der Waals surface area (Å²) in [6.07, 6.45) is 2.84. The standard InChI is InChI=1S/C13H16N2O4/c16-8-1-7(2-8)9-3-10(15-19-9)12-4-13(5-12,6-12)14-11(17)18/h3,7-8,14,16H,1-2,4-6H2,(H,17,18). The first-order valence-corrected chi connectivity index (χ1v) is 6.67. The Morgan fingerprint density at radius 1 is 1.42 bits per heavy atom. The molecule has 1 heterocycles. The minimum absolute atomic E-state index is 0.0343. The summed E-state index contributed by atoms with van der Waals surface area (Å²) >= 11 is 0. The fourth-order valence-corrected chi connectivity index (χ4v) is 3.97. The third-order valence-corrected chi connectivity index (χ3v) is 4.99. The van der Waals surface area contributed by atoms with E-state index in [0.717, 1.165) is 43.6 Å². The average Bonchev–Trinajstić information content (AvgIpc) is 2.65. The van der Waals surface area contributed by atoms with E-state index in [2.05, 4.69) is 10.5 Å². The van der Waals surface area contributed by atoms with Crippen molar-refractivity contribution in [2.75, 3.05) is 0 Å². The lowest BCUT2D eigenvalue weighted by Gasteiger charge is -2.69. The first-order chi connectivity index (χ1) is 9.00. The molecule has 4 fully saturated rings. The maximum absolute atomic E-state index is 10.7. The van der Waals surface area contributed by atoms with Gasteiger partial charge in [0.1, 0.15) is 5.76 Å². The summed E-state index contributed by atoms with van der Waals surface area (Å²) in [4.78, 5) is 10.7. The first-order valence-electron chi connectivity index (χ1n) is 6.67. The Labute approximate surface area is 109 Å². The van der Waals surface area contributed by atoms with Crippen LogP contribution in [0, 0.1) is 0 Å². The van der Waals surface area contributed by atoms with Crippen molar-refractivity contribution in [3.8, 4) is 0 Å². The molecule has 0 unspecified atom stereocenters. The van der Waals surface area contributed by atoms with Crippen molar-refractivity contribution in [2.24, 2.45) is 0 Å². The van der Waals surface area contributed by atoms with E-state index in [1.165, 1.54) is 0 Å². The molecule has 1 amide bonds. The molecule has 19 heavy (non-hydrogen) atoms. The van der Waals surface area contributed by atoms with Gasteiger partial charge in [-0.05, 0) is 32.1 Å². The van der Waals surface area contributed by atoms with Crippen LogP contribution in [0.4, 0.5) is 4.79 Å². The van der Waals surface area contributed by atoms with Crippen molar-refractivity contribution in [1.29, 1.82) is 0 Å². The molecule has 0 aromatic carbocycles. The highest BCUT2D eigenvalue weighted by molar-refractivity contribution is 5.67. The Morgan fingerprint density at radius 3 is 2.68 bits per heavy atom. The molecule has 4 saturated carbocycles. The maximum Gasteiger partial charge on any atom is 0.405 e. The minimum Gasteiger partial charge on any atom is -0.465 e. The van der Waals surface area contributed by atoms with Gasteiger partial charge >= 0.3 is 6.09 Å². The summed E-state index contributed by atoms with van der Waals surface area (Å²) in [5, 5.41) is 24.8. The fourth-order valence-electron chi connectivity index (χ4n) is 3.97. The van der Waals surface area contributed by atoms with Crippen LogP contribution in [0.1, 0.15) is 49.5 Å². The van der Waals surface area contributed by atoms with Gasteiger partial charge in [-0.25, -0.2) is 4.79 Å². The number of carbonyl (C=O) groups is 1. The monoisotopic (exact) mass is 264 g/mol. The second-order valence-electron chi connectivity index (χ2n) is 6.46. The van der Waals surface area contributed by atoms with Crippen LogP contribution in [-0.4, -0.2) is 33.1 Å². The Bertz CT molecular complexity index is 527. The van der Waals surface area contributed by atoms with Crippen LogP contribution in [0.15, 0.2) is 10.6 Å². The van der Waals surface area contributed by atoms with E-state index in [1.54, 1.807) is 0 Å². The van der Waals surface area contributed by atoms with Crippen molar-refractivity contribution in [3.63, 3.8) is 0 Å². The molecule has 102 valence electrons. The lowest BCUT2D eigenvalue weighted by molar-refractivity contribution is -0.0862. The van der Waals surface area contributed by atoms with E-state index in [-0.39, 0.29) is 17.1 Å². The smallest absolute Gasteiger partial charge is 0.405 e. The Morgan fingerprint density at radius 2 is 2.11 bits per heavy atom. The highest BCUT2D eigenvalue weighted by Gasteiger charge is 2.70. The van der Waals surface area contributed by atoms with Crippen molar-refractivity contribution in [2.45, 2.75) is 55.1 Å². The normalized spacial score (nSPS) is 42.8. The van der Waals surface area contributed by atoms with Crippen molar-refractivity contribution >= 4 is 6.09 Å². The van der Waals surface area contributed by atoms with E-state index in [4.69, 9.17) is 9.63 Å². The number of amides is 1. The van der Waals surface area contributed by atoms with Gasteiger partial charge in [-0.15, -0.1) is 0 Å². The molecule has 0 atom stereocenters. The number of hydrogen-bond acceptors (Lipinski definition) is 4. The summed E-state index contributed by atoms with van der Waals surface area (Å²) in [7, 11) is 0. The second-order valence-corrected chi connectivity index (χ2v) is 6.46. The van der Waals surface area contributed by atoms with Crippen molar-refractivity contribution in [1.82, 2.24) is 10.5 Å². The van der Waals surface area contributed by atoms with Gasteiger partial charge in [-0.2, -0.15) is 0 Å². The van der Waals surface area contributed by atoms with Gasteiger partial charge < -0.3 is 20.1 Å². The zero-order valence-corrected chi connectivity index (χ0v) is 10.4. The van der Waals surface area contributed by atoms with Crippen LogP contribution in [0.5, 0.6) is 0 Å². The lowest BCUT2D eigenvalue weighted by atomic mass is 9.38. The van der Waals surface area contributed by atoms with E-state index in [9.17, 15) is 9.90 Å². The third kappa shape index (κ3) is 1.46.